The maximum atomic E-state index is 13.7. The van der Waals surface area contributed by atoms with Crippen LogP contribution in [-0.2, 0) is 0 Å². The van der Waals surface area contributed by atoms with Crippen LogP contribution >= 0.6 is 11.6 Å². The van der Waals surface area contributed by atoms with Crippen LogP contribution in [0.3, 0.4) is 0 Å². The van der Waals surface area contributed by atoms with Crippen molar-refractivity contribution in [1.82, 2.24) is 10.1 Å². The summed E-state index contributed by atoms with van der Waals surface area (Å²) >= 11 is 6.26. The lowest BCUT2D eigenvalue weighted by atomic mass is 10.0. The van der Waals surface area contributed by atoms with Crippen molar-refractivity contribution in [2.45, 2.75) is 6.92 Å². The van der Waals surface area contributed by atoms with Crippen LogP contribution < -0.4 is 5.32 Å². The average Bonchev–Trinajstić information content (AvgIpc) is 3.21. The minimum absolute atomic E-state index is 0.370. The standard InChI is InChI=1S/C27H19ClFN3O/c1-17-26(31-25-9-5-8-24(30-25)22-16-21(29)14-15-23(22)28)27(33-32-17)20-12-10-19(11-13-20)18-6-3-2-4-7-18/h2-16H,1H3,(H,30,31). The van der Waals surface area contributed by atoms with E-state index in [1.54, 1.807) is 6.07 Å². The number of benzene rings is 3. The molecule has 0 radical (unpaired) electrons. The van der Waals surface area contributed by atoms with Crippen molar-refractivity contribution in [1.29, 1.82) is 0 Å². The largest absolute Gasteiger partial charge is 0.354 e. The molecule has 0 fully saturated rings. The van der Waals surface area contributed by atoms with Crippen molar-refractivity contribution in [3.05, 3.63) is 108 Å². The van der Waals surface area contributed by atoms with Crippen LogP contribution in [0, 0.1) is 12.7 Å². The van der Waals surface area contributed by atoms with Gasteiger partial charge in [0.25, 0.3) is 0 Å². The minimum Gasteiger partial charge on any atom is -0.354 e. The molecule has 162 valence electrons. The second-order valence-electron chi connectivity index (χ2n) is 7.57. The van der Waals surface area contributed by atoms with E-state index in [4.69, 9.17) is 16.1 Å². The van der Waals surface area contributed by atoms with Crippen LogP contribution in [0.5, 0.6) is 0 Å². The fourth-order valence-corrected chi connectivity index (χ4v) is 3.85. The minimum atomic E-state index is -0.370. The van der Waals surface area contributed by atoms with Gasteiger partial charge in [-0.1, -0.05) is 77.4 Å². The Morgan fingerprint density at radius 1 is 0.818 bits per heavy atom. The molecule has 2 aromatic heterocycles. The Morgan fingerprint density at radius 3 is 2.33 bits per heavy atom. The van der Waals surface area contributed by atoms with Crippen molar-refractivity contribution < 1.29 is 8.91 Å². The third-order valence-electron chi connectivity index (χ3n) is 5.32. The molecule has 0 atom stereocenters. The van der Waals surface area contributed by atoms with Crippen LogP contribution in [0.4, 0.5) is 15.9 Å². The lowest BCUT2D eigenvalue weighted by Gasteiger charge is -2.10. The molecule has 0 aliphatic rings. The molecule has 0 saturated carbocycles. The molecule has 0 unspecified atom stereocenters. The smallest absolute Gasteiger partial charge is 0.190 e. The summed E-state index contributed by atoms with van der Waals surface area (Å²) in [5.74, 6) is 0.815. The number of rotatable bonds is 5. The number of nitrogens with zero attached hydrogens (tertiary/aromatic N) is 2. The third kappa shape index (κ3) is 4.36. The number of pyridine rings is 1. The molecule has 4 nitrogen and oxygen atoms in total. The summed E-state index contributed by atoms with van der Waals surface area (Å²) in [5.41, 5.74) is 5.67. The van der Waals surface area contributed by atoms with Gasteiger partial charge in [0.05, 0.1) is 10.7 Å². The Balaban J connectivity index is 1.46. The molecule has 5 aromatic rings. The van der Waals surface area contributed by atoms with Gasteiger partial charge in [-0.25, -0.2) is 9.37 Å². The zero-order valence-corrected chi connectivity index (χ0v) is 18.5. The predicted octanol–water partition coefficient (Wildman–Crippen LogP) is 7.92. The third-order valence-corrected chi connectivity index (χ3v) is 5.65. The fourth-order valence-electron chi connectivity index (χ4n) is 3.63. The summed E-state index contributed by atoms with van der Waals surface area (Å²) in [6, 6.07) is 28.0. The van der Waals surface area contributed by atoms with Gasteiger partial charge < -0.3 is 9.84 Å². The van der Waals surface area contributed by atoms with E-state index in [1.807, 2.05) is 49.4 Å². The molecule has 2 heterocycles. The van der Waals surface area contributed by atoms with Crippen molar-refractivity contribution in [3.63, 3.8) is 0 Å². The van der Waals surface area contributed by atoms with Crippen LogP contribution in [0.15, 0.2) is 95.5 Å². The normalized spacial score (nSPS) is 10.9. The van der Waals surface area contributed by atoms with E-state index in [9.17, 15) is 4.39 Å². The predicted molar refractivity (Wildman–Crippen MR) is 130 cm³/mol. The lowest BCUT2D eigenvalue weighted by Crippen LogP contribution is -1.97. The maximum Gasteiger partial charge on any atom is 0.190 e. The van der Waals surface area contributed by atoms with Gasteiger partial charge in [-0.05, 0) is 48.4 Å². The van der Waals surface area contributed by atoms with E-state index in [0.29, 0.717) is 33.6 Å². The molecule has 5 rings (SSSR count). The molecular weight excluding hydrogens is 437 g/mol. The first-order valence-corrected chi connectivity index (χ1v) is 10.8. The maximum absolute atomic E-state index is 13.7. The fraction of sp³-hybridized carbons (Fsp3) is 0.0370. The van der Waals surface area contributed by atoms with Gasteiger partial charge in [0, 0.05) is 11.1 Å². The first kappa shape index (κ1) is 20.9. The van der Waals surface area contributed by atoms with Crippen molar-refractivity contribution >= 4 is 23.1 Å². The molecule has 3 aromatic carbocycles. The van der Waals surface area contributed by atoms with Gasteiger partial charge in [0.1, 0.15) is 23.0 Å². The first-order chi connectivity index (χ1) is 16.1. The highest BCUT2D eigenvalue weighted by Crippen LogP contribution is 2.35. The molecule has 0 amide bonds. The monoisotopic (exact) mass is 455 g/mol. The lowest BCUT2D eigenvalue weighted by molar-refractivity contribution is 0.427. The zero-order chi connectivity index (χ0) is 22.8. The second kappa shape index (κ2) is 8.88. The first-order valence-electron chi connectivity index (χ1n) is 10.4. The van der Waals surface area contributed by atoms with Crippen molar-refractivity contribution in [2.24, 2.45) is 0 Å². The van der Waals surface area contributed by atoms with Crippen LogP contribution in [-0.4, -0.2) is 10.1 Å². The number of nitrogens with one attached hydrogen (secondary N) is 1. The molecular formula is C27H19ClFN3O. The molecule has 0 aliphatic heterocycles. The molecule has 0 aliphatic carbocycles. The highest BCUT2D eigenvalue weighted by Gasteiger charge is 2.17. The second-order valence-corrected chi connectivity index (χ2v) is 7.98. The van der Waals surface area contributed by atoms with E-state index in [-0.39, 0.29) is 5.82 Å². The summed E-state index contributed by atoms with van der Waals surface area (Å²) < 4.78 is 19.4. The molecule has 6 heteroatoms. The van der Waals surface area contributed by atoms with Crippen LogP contribution in [0.1, 0.15) is 5.69 Å². The Hall–Kier alpha value is -3.96. The number of hydrogen-bond donors (Lipinski definition) is 1. The van der Waals surface area contributed by atoms with Gasteiger partial charge in [-0.2, -0.15) is 0 Å². The molecule has 0 spiro atoms. The van der Waals surface area contributed by atoms with E-state index in [0.717, 1.165) is 22.4 Å². The van der Waals surface area contributed by atoms with Gasteiger partial charge in [0.15, 0.2) is 5.76 Å². The Labute approximate surface area is 195 Å². The van der Waals surface area contributed by atoms with Gasteiger partial charge in [0.2, 0.25) is 0 Å². The topological polar surface area (TPSA) is 51.0 Å². The highest BCUT2D eigenvalue weighted by atomic mass is 35.5. The van der Waals surface area contributed by atoms with E-state index in [2.05, 4.69) is 39.7 Å². The van der Waals surface area contributed by atoms with Gasteiger partial charge >= 0.3 is 0 Å². The number of anilines is 2. The van der Waals surface area contributed by atoms with E-state index >= 15 is 0 Å². The van der Waals surface area contributed by atoms with Crippen LogP contribution in [0.25, 0.3) is 33.7 Å². The van der Waals surface area contributed by atoms with Gasteiger partial charge in [-0.3, -0.25) is 0 Å². The zero-order valence-electron chi connectivity index (χ0n) is 17.7. The Morgan fingerprint density at radius 2 is 1.55 bits per heavy atom. The van der Waals surface area contributed by atoms with Gasteiger partial charge in [-0.15, -0.1) is 0 Å². The number of halogens is 2. The average molecular weight is 456 g/mol. The quantitative estimate of drug-likeness (QED) is 0.292. The summed E-state index contributed by atoms with van der Waals surface area (Å²) in [6.45, 7) is 1.86. The number of aromatic nitrogens is 2. The highest BCUT2D eigenvalue weighted by molar-refractivity contribution is 6.33. The van der Waals surface area contributed by atoms with Crippen LogP contribution in [0.2, 0.25) is 5.02 Å². The van der Waals surface area contributed by atoms with E-state index in [1.165, 1.54) is 18.2 Å². The summed E-state index contributed by atoms with van der Waals surface area (Å²) in [4.78, 5) is 4.62. The Bertz CT molecular complexity index is 1420. The summed E-state index contributed by atoms with van der Waals surface area (Å²) in [7, 11) is 0. The molecule has 33 heavy (non-hydrogen) atoms. The summed E-state index contributed by atoms with van der Waals surface area (Å²) in [6.07, 6.45) is 0. The molecule has 1 N–H and O–H groups in total. The SMILES string of the molecule is Cc1noc(-c2ccc(-c3ccccc3)cc2)c1Nc1cccc(-c2cc(F)ccc2Cl)n1. The van der Waals surface area contributed by atoms with Crippen molar-refractivity contribution in [3.8, 4) is 33.7 Å². The molecule has 0 bridgehead atoms. The molecule has 0 saturated heterocycles. The van der Waals surface area contributed by atoms with E-state index < -0.39 is 0 Å². The Kier molecular flexibility index (Phi) is 5.63. The number of hydrogen-bond acceptors (Lipinski definition) is 4. The summed E-state index contributed by atoms with van der Waals surface area (Å²) in [5, 5.41) is 7.88. The van der Waals surface area contributed by atoms with Crippen molar-refractivity contribution in [2.75, 3.05) is 5.32 Å². The number of aryl methyl sites for hydroxylation is 1.